The molecular weight excluding hydrogens is 454 g/mol. The van der Waals surface area contributed by atoms with Crippen molar-refractivity contribution in [2.45, 2.75) is 62.3 Å². The Morgan fingerprint density at radius 2 is 1.76 bits per heavy atom. The van der Waals surface area contributed by atoms with Gasteiger partial charge in [0.1, 0.15) is 11.5 Å². The molecule has 3 aromatic rings. The zero-order valence-electron chi connectivity index (χ0n) is 18.7. The van der Waals surface area contributed by atoms with Gasteiger partial charge in [-0.05, 0) is 55.7 Å². The molecule has 2 aromatic heterocycles. The summed E-state index contributed by atoms with van der Waals surface area (Å²) in [5.74, 6) is 0.645. The summed E-state index contributed by atoms with van der Waals surface area (Å²) in [4.78, 5) is 20.7. The number of anilines is 1. The van der Waals surface area contributed by atoms with E-state index in [-0.39, 0.29) is 22.6 Å². The molecule has 2 aliphatic carbocycles. The highest BCUT2D eigenvalue weighted by atomic mass is 32.2. The van der Waals surface area contributed by atoms with Crippen molar-refractivity contribution in [2.75, 3.05) is 4.72 Å². The molecule has 0 spiro atoms. The minimum atomic E-state index is -3.86. The lowest BCUT2D eigenvalue weighted by atomic mass is 9.85. The first-order chi connectivity index (χ1) is 16.4. The summed E-state index contributed by atoms with van der Waals surface area (Å²) in [5, 5.41) is 11.0. The van der Waals surface area contributed by atoms with Gasteiger partial charge in [-0.15, -0.1) is 0 Å². The number of hydrogen-bond donors (Lipinski definition) is 2. The third-order valence-corrected chi connectivity index (χ3v) is 7.90. The van der Waals surface area contributed by atoms with Crippen molar-refractivity contribution >= 4 is 15.7 Å². The zero-order chi connectivity index (χ0) is 23.7. The summed E-state index contributed by atoms with van der Waals surface area (Å²) in [5.41, 5.74) is 1.85. The maximum Gasteiger partial charge on any atom is 0.343 e. The highest BCUT2D eigenvalue weighted by Crippen LogP contribution is 2.48. The molecule has 1 aromatic carbocycles. The molecule has 0 bridgehead atoms. The lowest BCUT2D eigenvalue weighted by molar-refractivity contribution is 0.382. The van der Waals surface area contributed by atoms with Gasteiger partial charge in [0, 0.05) is 36.0 Å². The molecule has 0 aliphatic heterocycles. The molecule has 5 rings (SSSR count). The van der Waals surface area contributed by atoms with Crippen molar-refractivity contribution in [1.29, 1.82) is 0 Å². The van der Waals surface area contributed by atoms with Crippen molar-refractivity contribution < 1.29 is 17.9 Å². The van der Waals surface area contributed by atoms with Crippen LogP contribution in [0.15, 0.2) is 57.1 Å². The average molecular weight is 482 g/mol. The van der Waals surface area contributed by atoms with Crippen LogP contribution in [0.2, 0.25) is 0 Å². The first-order valence-electron chi connectivity index (χ1n) is 11.7. The number of aryl methyl sites for hydroxylation is 1. The number of nitrogens with zero attached hydrogens (tertiary/aromatic N) is 2. The predicted octanol–water partition coefficient (Wildman–Crippen LogP) is 4.14. The van der Waals surface area contributed by atoms with Gasteiger partial charge < -0.3 is 9.52 Å². The molecule has 1 atom stereocenters. The van der Waals surface area contributed by atoms with E-state index in [4.69, 9.17) is 4.42 Å². The standard InChI is InChI=1S/C25H27N3O5S/c29-24-19-5-3-1-2-4-6-20(19)33-25(30)23(24)22(16-7-8-16)17-9-11-18(12-10-17)28-34(31,32)21-15-26-13-14-27-21/h9-16,22,28-29H,1-8H2. The highest BCUT2D eigenvalue weighted by Gasteiger charge is 2.38. The van der Waals surface area contributed by atoms with Crippen LogP contribution in [-0.4, -0.2) is 23.5 Å². The molecule has 9 heteroatoms. The summed E-state index contributed by atoms with van der Waals surface area (Å²) in [6, 6.07) is 6.91. The van der Waals surface area contributed by atoms with Gasteiger partial charge in [0.2, 0.25) is 0 Å². The smallest absolute Gasteiger partial charge is 0.343 e. The number of fused-ring (bicyclic) bond motifs is 1. The topological polar surface area (TPSA) is 122 Å². The fourth-order valence-electron chi connectivity index (χ4n) is 4.79. The van der Waals surface area contributed by atoms with Gasteiger partial charge in [-0.25, -0.2) is 9.78 Å². The van der Waals surface area contributed by atoms with Crippen LogP contribution in [0, 0.1) is 5.92 Å². The van der Waals surface area contributed by atoms with Crippen molar-refractivity contribution in [3.63, 3.8) is 0 Å². The number of rotatable bonds is 6. The minimum absolute atomic E-state index is 0.0810. The molecule has 2 heterocycles. The van der Waals surface area contributed by atoms with E-state index in [0.29, 0.717) is 29.9 Å². The molecule has 1 fully saturated rings. The maximum absolute atomic E-state index is 13.0. The molecule has 1 unspecified atom stereocenters. The second kappa shape index (κ2) is 9.21. The highest BCUT2D eigenvalue weighted by molar-refractivity contribution is 7.92. The zero-order valence-corrected chi connectivity index (χ0v) is 19.6. The van der Waals surface area contributed by atoms with Gasteiger partial charge in [-0.1, -0.05) is 25.0 Å². The SMILES string of the molecule is O=c1oc2c(c(O)c1C(c1ccc(NS(=O)(=O)c3cnccn3)cc1)C1CC1)CCCCCC2. The fraction of sp³-hybridized carbons (Fsp3) is 0.400. The molecule has 34 heavy (non-hydrogen) atoms. The van der Waals surface area contributed by atoms with E-state index in [9.17, 15) is 18.3 Å². The van der Waals surface area contributed by atoms with Crippen LogP contribution in [0.25, 0.3) is 0 Å². The second-order valence-electron chi connectivity index (χ2n) is 9.05. The number of aromatic hydroxyl groups is 1. The van der Waals surface area contributed by atoms with E-state index < -0.39 is 15.6 Å². The summed E-state index contributed by atoms with van der Waals surface area (Å²) in [7, 11) is -3.86. The number of sulfonamides is 1. The van der Waals surface area contributed by atoms with Crippen LogP contribution >= 0.6 is 0 Å². The molecule has 0 radical (unpaired) electrons. The first kappa shape index (κ1) is 22.6. The fourth-order valence-corrected chi connectivity index (χ4v) is 5.74. The Bertz CT molecular complexity index is 1330. The van der Waals surface area contributed by atoms with Gasteiger partial charge in [0.15, 0.2) is 5.03 Å². The summed E-state index contributed by atoms with van der Waals surface area (Å²) < 4.78 is 33.3. The third-order valence-electron chi connectivity index (χ3n) is 6.64. The monoisotopic (exact) mass is 481 g/mol. The van der Waals surface area contributed by atoms with Crippen LogP contribution in [-0.2, 0) is 22.9 Å². The van der Waals surface area contributed by atoms with E-state index in [2.05, 4.69) is 14.7 Å². The maximum atomic E-state index is 13.0. The van der Waals surface area contributed by atoms with E-state index >= 15 is 0 Å². The normalized spacial score (nSPS) is 17.3. The van der Waals surface area contributed by atoms with Crippen LogP contribution in [0.4, 0.5) is 5.69 Å². The molecule has 0 saturated heterocycles. The Labute approximate surface area is 198 Å². The molecule has 2 N–H and O–H groups in total. The Morgan fingerprint density at radius 3 is 2.44 bits per heavy atom. The summed E-state index contributed by atoms with van der Waals surface area (Å²) in [6.45, 7) is 0. The van der Waals surface area contributed by atoms with Crippen molar-refractivity contribution in [3.8, 4) is 5.75 Å². The van der Waals surface area contributed by atoms with Crippen LogP contribution in [0.5, 0.6) is 5.75 Å². The Hall–Kier alpha value is -3.20. The van der Waals surface area contributed by atoms with Crippen molar-refractivity contribution in [3.05, 3.63) is 75.7 Å². The second-order valence-corrected chi connectivity index (χ2v) is 10.7. The van der Waals surface area contributed by atoms with E-state index in [1.54, 1.807) is 24.3 Å². The Balaban J connectivity index is 1.47. The minimum Gasteiger partial charge on any atom is -0.507 e. The lowest BCUT2D eigenvalue weighted by Gasteiger charge is -2.21. The third kappa shape index (κ3) is 4.57. The van der Waals surface area contributed by atoms with Gasteiger partial charge in [-0.2, -0.15) is 8.42 Å². The van der Waals surface area contributed by atoms with Gasteiger partial charge in [0.25, 0.3) is 10.0 Å². The molecular formula is C25H27N3O5S. The largest absolute Gasteiger partial charge is 0.507 e. The molecule has 0 amide bonds. The Kier molecular flexibility index (Phi) is 6.12. The number of nitrogens with one attached hydrogen (secondary N) is 1. The molecule has 2 aliphatic rings. The first-order valence-corrected chi connectivity index (χ1v) is 13.2. The molecule has 8 nitrogen and oxygen atoms in total. The molecule has 1 saturated carbocycles. The quantitative estimate of drug-likeness (QED) is 0.542. The van der Waals surface area contributed by atoms with Crippen LogP contribution in [0.3, 0.4) is 0 Å². The summed E-state index contributed by atoms with van der Waals surface area (Å²) >= 11 is 0. The van der Waals surface area contributed by atoms with Gasteiger partial charge >= 0.3 is 5.63 Å². The van der Waals surface area contributed by atoms with Crippen molar-refractivity contribution in [2.24, 2.45) is 5.92 Å². The number of aromatic nitrogens is 2. The number of benzene rings is 1. The van der Waals surface area contributed by atoms with Crippen molar-refractivity contribution in [1.82, 2.24) is 9.97 Å². The number of hydrogen-bond acceptors (Lipinski definition) is 7. The van der Waals surface area contributed by atoms with Gasteiger partial charge in [-0.3, -0.25) is 9.71 Å². The predicted molar refractivity (Wildman–Crippen MR) is 126 cm³/mol. The summed E-state index contributed by atoms with van der Waals surface area (Å²) in [6.07, 6.45) is 11.3. The van der Waals surface area contributed by atoms with E-state index in [1.165, 1.54) is 18.6 Å². The van der Waals surface area contributed by atoms with E-state index in [0.717, 1.165) is 49.7 Å². The molecule has 178 valence electrons. The van der Waals surface area contributed by atoms with Crippen LogP contribution in [0.1, 0.15) is 66.9 Å². The van der Waals surface area contributed by atoms with Gasteiger partial charge in [0.05, 0.1) is 11.8 Å². The van der Waals surface area contributed by atoms with Crippen LogP contribution < -0.4 is 10.3 Å². The lowest BCUT2D eigenvalue weighted by Crippen LogP contribution is -2.19. The van der Waals surface area contributed by atoms with E-state index in [1.807, 2.05) is 0 Å². The average Bonchev–Trinajstić information content (AvgIpc) is 3.64. The Morgan fingerprint density at radius 1 is 1.03 bits per heavy atom.